The summed E-state index contributed by atoms with van der Waals surface area (Å²) in [7, 11) is 0. The average molecular weight is 701 g/mol. The highest BCUT2D eigenvalue weighted by Crippen LogP contribution is 2.42. The lowest BCUT2D eigenvalue weighted by Gasteiger charge is -2.44. The first kappa shape index (κ1) is 33.1. The number of nitrogens with one attached hydrogen (secondary N) is 2. The fourth-order valence-corrected chi connectivity index (χ4v) is 7.04. The summed E-state index contributed by atoms with van der Waals surface area (Å²) >= 11 is 0. The average Bonchev–Trinajstić information content (AvgIpc) is 3.90. The maximum Gasteiger partial charge on any atom is 0.421 e. The van der Waals surface area contributed by atoms with Crippen molar-refractivity contribution in [2.24, 2.45) is 9.98 Å². The van der Waals surface area contributed by atoms with E-state index < -0.39 is 23.5 Å². The van der Waals surface area contributed by atoms with Crippen LogP contribution >= 0.6 is 0 Å². The highest BCUT2D eigenvalue weighted by molar-refractivity contribution is 6.30. The van der Waals surface area contributed by atoms with Gasteiger partial charge in [-0.2, -0.15) is 0 Å². The summed E-state index contributed by atoms with van der Waals surface area (Å²) in [5.74, 6) is -4.41. The van der Waals surface area contributed by atoms with Crippen molar-refractivity contribution in [3.8, 4) is 11.5 Å². The quantitative estimate of drug-likeness (QED) is 0.203. The fourth-order valence-electron chi connectivity index (χ4n) is 7.04. The minimum absolute atomic E-state index is 0.0662. The van der Waals surface area contributed by atoms with Gasteiger partial charge in [0.25, 0.3) is 0 Å². The standard InChI is InChI=1S/C40H40N6O6/c1-27-13-15-33-31(21-27)45(23-29-9-5-3-6-10-29)25-39(49-33,37-41-17-18-42-37)51-35(47)36(48)52-40(38-43-19-20-44-38)26-46(24-30-11-7-4-8-12-30)32-22-28(2)14-16-34(32)50-40/h3-16,21-22H,17-20,23-26H2,1-2H3,(H,41,42)(H,43,44). The van der Waals surface area contributed by atoms with Crippen LogP contribution < -0.4 is 29.9 Å². The molecule has 0 fully saturated rings. The molecule has 0 spiro atoms. The highest BCUT2D eigenvalue weighted by Gasteiger charge is 2.54. The van der Waals surface area contributed by atoms with Crippen molar-refractivity contribution in [1.82, 2.24) is 10.6 Å². The van der Waals surface area contributed by atoms with Crippen molar-refractivity contribution in [1.29, 1.82) is 0 Å². The molecule has 0 radical (unpaired) electrons. The summed E-state index contributed by atoms with van der Waals surface area (Å²) < 4.78 is 25.4. The van der Waals surface area contributed by atoms with E-state index in [-0.39, 0.29) is 13.1 Å². The van der Waals surface area contributed by atoms with Crippen LogP contribution in [-0.2, 0) is 32.2 Å². The van der Waals surface area contributed by atoms with Crippen LogP contribution in [-0.4, -0.2) is 74.5 Å². The van der Waals surface area contributed by atoms with E-state index in [1.807, 2.05) is 111 Å². The SMILES string of the molecule is Cc1ccc2c(c1)N(Cc1ccccc1)CC(OC(=O)C(=O)OC1(C3=NCCN3)CN(Cc3ccccc3)c3cc(C)ccc3O1)(C1=NCCN1)O2. The maximum absolute atomic E-state index is 14.1. The van der Waals surface area contributed by atoms with Gasteiger partial charge in [-0.1, -0.05) is 72.8 Å². The van der Waals surface area contributed by atoms with E-state index in [1.165, 1.54) is 0 Å². The Morgan fingerprint density at radius 1 is 0.654 bits per heavy atom. The molecular formula is C40H40N6O6. The van der Waals surface area contributed by atoms with Gasteiger partial charge in [-0.25, -0.2) is 9.59 Å². The molecule has 12 heteroatoms. The van der Waals surface area contributed by atoms with E-state index in [2.05, 4.69) is 30.4 Å². The van der Waals surface area contributed by atoms with Gasteiger partial charge in [0.15, 0.2) is 11.7 Å². The number of hydrogen-bond donors (Lipinski definition) is 2. The third-order valence-corrected chi connectivity index (χ3v) is 9.44. The zero-order chi connectivity index (χ0) is 35.7. The number of nitrogens with zero attached hydrogens (tertiary/aromatic N) is 4. The second-order valence-electron chi connectivity index (χ2n) is 13.4. The van der Waals surface area contributed by atoms with Crippen LogP contribution in [0.25, 0.3) is 0 Å². The molecule has 4 aromatic rings. The topological polar surface area (TPSA) is 126 Å². The summed E-state index contributed by atoms with van der Waals surface area (Å²) in [6.07, 6.45) is 0. The van der Waals surface area contributed by atoms with E-state index in [0.29, 0.717) is 62.4 Å². The lowest BCUT2D eigenvalue weighted by molar-refractivity contribution is -0.202. The number of amidine groups is 2. The number of anilines is 2. The van der Waals surface area contributed by atoms with Crippen molar-refractivity contribution in [3.05, 3.63) is 119 Å². The van der Waals surface area contributed by atoms with E-state index >= 15 is 0 Å². The third-order valence-electron chi connectivity index (χ3n) is 9.44. The molecule has 0 bridgehead atoms. The molecule has 0 saturated carbocycles. The van der Waals surface area contributed by atoms with Crippen molar-refractivity contribution in [3.63, 3.8) is 0 Å². The number of hydrogen-bond acceptors (Lipinski definition) is 12. The van der Waals surface area contributed by atoms with Gasteiger partial charge in [0.1, 0.15) is 24.6 Å². The van der Waals surface area contributed by atoms with E-state index in [0.717, 1.165) is 33.6 Å². The molecule has 2 N–H and O–H groups in total. The lowest BCUT2D eigenvalue weighted by atomic mass is 10.1. The van der Waals surface area contributed by atoms with Crippen LogP contribution in [0.1, 0.15) is 22.3 Å². The van der Waals surface area contributed by atoms with Crippen LogP contribution in [0.4, 0.5) is 11.4 Å². The number of carbonyl (C=O) groups excluding carboxylic acids is 2. The summed E-state index contributed by atoms with van der Waals surface area (Å²) in [6, 6.07) is 31.6. The summed E-state index contributed by atoms with van der Waals surface area (Å²) in [4.78, 5) is 41.6. The van der Waals surface area contributed by atoms with Crippen LogP contribution in [0, 0.1) is 13.8 Å². The molecule has 0 saturated heterocycles. The molecule has 0 aliphatic carbocycles. The summed E-state index contributed by atoms with van der Waals surface area (Å²) in [5.41, 5.74) is 5.87. The number of aliphatic imine (C=N–C) groups is 2. The molecule has 8 rings (SSSR count). The van der Waals surface area contributed by atoms with E-state index in [4.69, 9.17) is 18.9 Å². The third kappa shape index (κ3) is 6.47. The smallest absolute Gasteiger partial charge is 0.421 e. The van der Waals surface area contributed by atoms with Crippen LogP contribution in [0.2, 0.25) is 0 Å². The molecule has 4 aliphatic rings. The monoisotopic (exact) mass is 700 g/mol. The predicted molar refractivity (Wildman–Crippen MR) is 197 cm³/mol. The Morgan fingerprint density at radius 2 is 1.08 bits per heavy atom. The molecule has 266 valence electrons. The summed E-state index contributed by atoms with van der Waals surface area (Å²) in [5, 5.41) is 6.45. The Morgan fingerprint density at radius 3 is 1.46 bits per heavy atom. The molecule has 4 aromatic carbocycles. The second-order valence-corrected chi connectivity index (χ2v) is 13.4. The Kier molecular flexibility index (Phi) is 8.66. The van der Waals surface area contributed by atoms with Gasteiger partial charge in [-0.3, -0.25) is 9.98 Å². The van der Waals surface area contributed by atoms with Crippen LogP contribution in [0.5, 0.6) is 11.5 Å². The first-order valence-electron chi connectivity index (χ1n) is 17.5. The molecule has 2 unspecified atom stereocenters. The normalized spacial score (nSPS) is 21.7. The van der Waals surface area contributed by atoms with Crippen molar-refractivity contribution in [2.75, 3.05) is 49.1 Å². The van der Waals surface area contributed by atoms with E-state index in [1.54, 1.807) is 0 Å². The van der Waals surface area contributed by atoms with Gasteiger partial charge in [-0.15, -0.1) is 0 Å². The summed E-state index contributed by atoms with van der Waals surface area (Å²) in [6.45, 7) is 7.12. The Labute approximate surface area is 302 Å². The fraction of sp³-hybridized carbons (Fsp3) is 0.300. The van der Waals surface area contributed by atoms with Crippen molar-refractivity contribution in [2.45, 2.75) is 38.5 Å². The van der Waals surface area contributed by atoms with Crippen LogP contribution in [0.3, 0.4) is 0 Å². The number of fused-ring (bicyclic) bond motifs is 2. The zero-order valence-electron chi connectivity index (χ0n) is 29.1. The molecule has 12 nitrogen and oxygen atoms in total. The molecule has 0 amide bonds. The zero-order valence-corrected chi connectivity index (χ0v) is 29.1. The molecule has 4 heterocycles. The van der Waals surface area contributed by atoms with Gasteiger partial charge in [0, 0.05) is 26.2 Å². The van der Waals surface area contributed by atoms with Crippen molar-refractivity contribution < 1.29 is 28.5 Å². The first-order valence-corrected chi connectivity index (χ1v) is 17.5. The minimum atomic E-state index is -1.77. The maximum atomic E-state index is 14.1. The van der Waals surface area contributed by atoms with Gasteiger partial charge in [0.05, 0.1) is 24.5 Å². The largest absolute Gasteiger partial charge is 0.442 e. The molecule has 2 atom stereocenters. The number of carbonyl (C=O) groups is 2. The molecular weight excluding hydrogens is 660 g/mol. The first-order chi connectivity index (χ1) is 25.3. The Bertz CT molecular complexity index is 1910. The van der Waals surface area contributed by atoms with Crippen molar-refractivity contribution >= 4 is 35.0 Å². The molecule has 4 aliphatic heterocycles. The number of rotatable bonds is 8. The Hall–Kier alpha value is -6.04. The van der Waals surface area contributed by atoms with E-state index in [9.17, 15) is 9.59 Å². The lowest BCUT2D eigenvalue weighted by Crippen LogP contribution is -2.64. The minimum Gasteiger partial charge on any atom is -0.442 e. The number of ether oxygens (including phenoxy) is 4. The molecule has 0 aromatic heterocycles. The molecule has 52 heavy (non-hydrogen) atoms. The number of esters is 2. The highest BCUT2D eigenvalue weighted by atomic mass is 16.8. The number of benzene rings is 4. The van der Waals surface area contributed by atoms with Gasteiger partial charge in [-0.05, 0) is 60.4 Å². The number of aryl methyl sites for hydroxylation is 2. The van der Waals surface area contributed by atoms with Gasteiger partial charge < -0.3 is 39.4 Å². The van der Waals surface area contributed by atoms with Crippen LogP contribution in [0.15, 0.2) is 107 Å². The van der Waals surface area contributed by atoms with Gasteiger partial charge in [0.2, 0.25) is 0 Å². The Balaban J connectivity index is 1.12. The second kappa shape index (κ2) is 13.6. The predicted octanol–water partition coefficient (Wildman–Crippen LogP) is 4.28. The van der Waals surface area contributed by atoms with Gasteiger partial charge >= 0.3 is 23.5 Å².